The Morgan fingerprint density at radius 3 is 2.56 bits per heavy atom. The summed E-state index contributed by atoms with van der Waals surface area (Å²) in [6.07, 6.45) is 1.63. The van der Waals surface area contributed by atoms with E-state index in [0.717, 1.165) is 0 Å². The number of hydrogen-bond acceptors (Lipinski definition) is 7. The number of aromatic nitrogens is 2. The zero-order valence-corrected chi connectivity index (χ0v) is 16.6. The van der Waals surface area contributed by atoms with Gasteiger partial charge in [0, 0.05) is 29.4 Å². The second-order valence-electron chi connectivity index (χ2n) is 6.72. The van der Waals surface area contributed by atoms with Crippen LogP contribution in [0.1, 0.15) is 10.4 Å². The van der Waals surface area contributed by atoms with Gasteiger partial charge in [0.1, 0.15) is 0 Å². The van der Waals surface area contributed by atoms with Crippen molar-refractivity contribution in [2.24, 2.45) is 0 Å². The molecule has 4 rings (SSSR count). The summed E-state index contributed by atoms with van der Waals surface area (Å²) in [5.74, 6) is -1.32. The van der Waals surface area contributed by atoms with Gasteiger partial charge in [0.15, 0.2) is 6.61 Å². The molecular formula is C23H16N4O5. The first-order valence-electron chi connectivity index (χ1n) is 9.54. The van der Waals surface area contributed by atoms with Gasteiger partial charge in [-0.1, -0.05) is 30.3 Å². The number of carbonyl (C=O) groups excluding carboxylic acids is 2. The molecule has 0 unspecified atom stereocenters. The number of benzene rings is 2. The van der Waals surface area contributed by atoms with Crippen LogP contribution in [0.15, 0.2) is 79.0 Å². The van der Waals surface area contributed by atoms with Crippen LogP contribution in [-0.4, -0.2) is 33.4 Å². The maximum Gasteiger partial charge on any atom is 0.339 e. The van der Waals surface area contributed by atoms with Gasteiger partial charge in [0.05, 0.1) is 27.4 Å². The molecular weight excluding hydrogens is 412 g/mol. The molecule has 158 valence electrons. The van der Waals surface area contributed by atoms with Gasteiger partial charge in [-0.2, -0.15) is 0 Å². The van der Waals surface area contributed by atoms with Crippen molar-refractivity contribution in [2.45, 2.75) is 0 Å². The van der Waals surface area contributed by atoms with E-state index in [9.17, 15) is 19.7 Å². The molecule has 2 heterocycles. The van der Waals surface area contributed by atoms with Crippen molar-refractivity contribution in [3.63, 3.8) is 0 Å². The molecule has 9 nitrogen and oxygen atoms in total. The quantitative estimate of drug-likeness (QED) is 0.280. The van der Waals surface area contributed by atoms with Crippen molar-refractivity contribution in [3.8, 4) is 11.4 Å². The molecule has 0 atom stereocenters. The summed E-state index contributed by atoms with van der Waals surface area (Å²) in [5, 5.41) is 13.9. The third kappa shape index (κ3) is 4.57. The van der Waals surface area contributed by atoms with E-state index >= 15 is 0 Å². The molecule has 0 fully saturated rings. The minimum absolute atomic E-state index is 0.162. The highest BCUT2D eigenvalue weighted by Crippen LogP contribution is 2.24. The zero-order valence-electron chi connectivity index (χ0n) is 16.6. The highest BCUT2D eigenvalue weighted by atomic mass is 16.6. The van der Waals surface area contributed by atoms with Crippen LogP contribution in [0.2, 0.25) is 0 Å². The number of esters is 1. The number of fused-ring (bicyclic) bond motifs is 1. The monoisotopic (exact) mass is 428 g/mol. The second kappa shape index (κ2) is 9.00. The maximum atomic E-state index is 12.8. The molecule has 2 aromatic heterocycles. The number of amides is 1. The maximum absolute atomic E-state index is 12.8. The molecule has 0 radical (unpaired) electrons. The standard InChI is InChI=1S/C23H16N4O5/c28-22(25-15-6-5-7-16(12-15)27(30)31)14-32-23(29)18-13-21(20-10-3-4-11-24-20)26-19-9-2-1-8-17(18)19/h1-13H,14H2,(H,25,28). The Kier molecular flexibility index (Phi) is 5.80. The molecule has 9 heteroatoms. The van der Waals surface area contributed by atoms with Crippen molar-refractivity contribution < 1.29 is 19.2 Å². The smallest absolute Gasteiger partial charge is 0.339 e. The fraction of sp³-hybridized carbons (Fsp3) is 0.0435. The Morgan fingerprint density at radius 1 is 0.969 bits per heavy atom. The van der Waals surface area contributed by atoms with Crippen LogP contribution in [0, 0.1) is 10.1 Å². The molecule has 0 aliphatic carbocycles. The van der Waals surface area contributed by atoms with Gasteiger partial charge in [0.25, 0.3) is 11.6 Å². The number of pyridine rings is 2. The number of para-hydroxylation sites is 1. The lowest BCUT2D eigenvalue weighted by atomic mass is 10.1. The summed E-state index contributed by atoms with van der Waals surface area (Å²) >= 11 is 0. The van der Waals surface area contributed by atoms with Gasteiger partial charge in [-0.25, -0.2) is 9.78 Å². The Hall–Kier alpha value is -4.66. The highest BCUT2D eigenvalue weighted by Gasteiger charge is 2.17. The summed E-state index contributed by atoms with van der Waals surface area (Å²) in [5.41, 5.74) is 1.99. The first-order chi connectivity index (χ1) is 15.5. The lowest BCUT2D eigenvalue weighted by molar-refractivity contribution is -0.384. The fourth-order valence-electron chi connectivity index (χ4n) is 3.09. The summed E-state index contributed by atoms with van der Waals surface area (Å²) in [6, 6.07) is 19.5. The van der Waals surface area contributed by atoms with E-state index in [-0.39, 0.29) is 16.9 Å². The minimum atomic E-state index is -0.699. The number of nitrogens with zero attached hydrogens (tertiary/aromatic N) is 3. The Labute approximate surface area is 181 Å². The van der Waals surface area contributed by atoms with Crippen molar-refractivity contribution >= 4 is 34.2 Å². The van der Waals surface area contributed by atoms with Gasteiger partial charge < -0.3 is 10.1 Å². The number of non-ortho nitro benzene ring substituents is 1. The number of nitro benzene ring substituents is 1. The molecule has 0 bridgehead atoms. The van der Waals surface area contributed by atoms with Gasteiger partial charge >= 0.3 is 5.97 Å². The number of hydrogen-bond donors (Lipinski definition) is 1. The van der Waals surface area contributed by atoms with E-state index in [1.165, 1.54) is 24.3 Å². The Balaban J connectivity index is 1.53. The molecule has 0 saturated heterocycles. The predicted octanol–water partition coefficient (Wildman–Crippen LogP) is 4.00. The first kappa shape index (κ1) is 20.6. The lowest BCUT2D eigenvalue weighted by Gasteiger charge is -2.10. The van der Waals surface area contributed by atoms with Crippen LogP contribution >= 0.6 is 0 Å². The predicted molar refractivity (Wildman–Crippen MR) is 117 cm³/mol. The largest absolute Gasteiger partial charge is 0.452 e. The van der Waals surface area contributed by atoms with Crippen molar-refractivity contribution in [1.82, 2.24) is 9.97 Å². The normalized spacial score (nSPS) is 10.5. The Morgan fingerprint density at radius 2 is 1.78 bits per heavy atom. The third-order valence-corrected chi connectivity index (χ3v) is 4.54. The lowest BCUT2D eigenvalue weighted by Crippen LogP contribution is -2.21. The van der Waals surface area contributed by atoms with Gasteiger partial charge in [-0.05, 0) is 30.3 Å². The van der Waals surface area contributed by atoms with E-state index < -0.39 is 23.4 Å². The van der Waals surface area contributed by atoms with E-state index in [2.05, 4.69) is 15.3 Å². The van der Waals surface area contributed by atoms with Gasteiger partial charge in [-0.15, -0.1) is 0 Å². The molecule has 4 aromatic rings. The van der Waals surface area contributed by atoms with Crippen LogP contribution in [0.4, 0.5) is 11.4 Å². The van der Waals surface area contributed by atoms with Gasteiger partial charge in [0.2, 0.25) is 0 Å². The van der Waals surface area contributed by atoms with Crippen LogP contribution in [-0.2, 0) is 9.53 Å². The van der Waals surface area contributed by atoms with Crippen molar-refractivity contribution in [1.29, 1.82) is 0 Å². The average Bonchev–Trinajstić information content (AvgIpc) is 2.82. The summed E-state index contributed by atoms with van der Waals surface area (Å²) < 4.78 is 5.21. The van der Waals surface area contributed by atoms with Crippen LogP contribution in [0.25, 0.3) is 22.3 Å². The van der Waals surface area contributed by atoms with E-state index in [1.807, 2.05) is 6.07 Å². The molecule has 0 spiro atoms. The van der Waals surface area contributed by atoms with E-state index in [1.54, 1.807) is 48.7 Å². The molecule has 0 saturated carbocycles. The summed E-state index contributed by atoms with van der Waals surface area (Å²) in [7, 11) is 0. The highest BCUT2D eigenvalue weighted by molar-refractivity contribution is 6.05. The number of anilines is 1. The minimum Gasteiger partial charge on any atom is -0.452 e. The molecule has 1 amide bonds. The van der Waals surface area contributed by atoms with Crippen LogP contribution in [0.5, 0.6) is 0 Å². The first-order valence-corrected chi connectivity index (χ1v) is 9.54. The summed E-state index contributed by atoms with van der Waals surface area (Å²) in [6.45, 7) is -0.558. The molecule has 1 N–H and O–H groups in total. The van der Waals surface area contributed by atoms with Crippen molar-refractivity contribution in [2.75, 3.05) is 11.9 Å². The van der Waals surface area contributed by atoms with E-state index in [4.69, 9.17) is 4.74 Å². The van der Waals surface area contributed by atoms with Crippen molar-refractivity contribution in [3.05, 3.63) is 94.7 Å². The number of nitro groups is 1. The topological polar surface area (TPSA) is 124 Å². The molecule has 0 aliphatic heterocycles. The number of ether oxygens (including phenoxy) is 1. The number of carbonyl (C=O) groups is 2. The summed E-state index contributed by atoms with van der Waals surface area (Å²) in [4.78, 5) is 44.1. The number of rotatable bonds is 6. The van der Waals surface area contributed by atoms with Crippen LogP contribution < -0.4 is 5.32 Å². The van der Waals surface area contributed by atoms with Crippen LogP contribution in [0.3, 0.4) is 0 Å². The second-order valence-corrected chi connectivity index (χ2v) is 6.72. The SMILES string of the molecule is O=C(COC(=O)c1cc(-c2ccccn2)nc2ccccc12)Nc1cccc([N+](=O)[O-])c1. The zero-order chi connectivity index (χ0) is 22.5. The fourth-order valence-corrected chi connectivity index (χ4v) is 3.09. The van der Waals surface area contributed by atoms with Gasteiger partial charge in [-0.3, -0.25) is 19.9 Å². The molecule has 32 heavy (non-hydrogen) atoms. The van der Waals surface area contributed by atoms with E-state index in [0.29, 0.717) is 22.3 Å². The third-order valence-electron chi connectivity index (χ3n) is 4.54. The average molecular weight is 428 g/mol. The Bertz CT molecular complexity index is 1320. The number of nitrogens with one attached hydrogen (secondary N) is 1. The molecule has 2 aromatic carbocycles. The molecule has 0 aliphatic rings.